The monoisotopic (exact) mass is 266 g/mol. The fourth-order valence-corrected chi connectivity index (χ4v) is 3.33. The van der Waals surface area contributed by atoms with Crippen LogP contribution in [0, 0.1) is 5.41 Å². The Morgan fingerprint density at radius 3 is 2.00 bits per heavy atom. The predicted molar refractivity (Wildman–Crippen MR) is 50.5 cm³/mol. The van der Waals surface area contributed by atoms with Crippen molar-refractivity contribution in [2.75, 3.05) is 0 Å². The van der Waals surface area contributed by atoms with Gasteiger partial charge in [-0.15, -0.1) is 0 Å². The Kier molecular flexibility index (Phi) is 2.85. The molecule has 0 amide bonds. The van der Waals surface area contributed by atoms with Gasteiger partial charge in [-0.05, 0) is 0 Å². The van der Waals surface area contributed by atoms with Gasteiger partial charge in [-0.25, -0.2) is 0 Å². The second-order valence-corrected chi connectivity index (χ2v) is 5.51. The molecule has 2 heteroatoms. The van der Waals surface area contributed by atoms with Gasteiger partial charge in [-0.3, -0.25) is 0 Å². The molecule has 0 radical (unpaired) electrons. The third-order valence-corrected chi connectivity index (χ3v) is 5.23. The summed E-state index contributed by atoms with van der Waals surface area (Å²) in [5.74, 6) is 0. The van der Waals surface area contributed by atoms with Gasteiger partial charge >= 0.3 is 86.9 Å². The molecule has 0 aliphatic heterocycles. The maximum atomic E-state index is 10.5. The molecule has 74 valence electrons. The van der Waals surface area contributed by atoms with E-state index in [1.54, 1.807) is 0 Å². The molecule has 0 aromatic heterocycles. The summed E-state index contributed by atoms with van der Waals surface area (Å²) < 4.78 is 3.38. The molecule has 0 saturated carbocycles. The number of allylic oxidation sites excluding steroid dienone is 4. The average molecular weight is 266 g/mol. The topological polar surface area (TPSA) is 17.1 Å². The second-order valence-electron chi connectivity index (χ2n) is 3.94. The first-order chi connectivity index (χ1) is 5.92. The van der Waals surface area contributed by atoms with Crippen molar-refractivity contribution in [3.63, 3.8) is 0 Å². The van der Waals surface area contributed by atoms with Gasteiger partial charge in [-0.2, -0.15) is 0 Å². The summed E-state index contributed by atoms with van der Waals surface area (Å²) in [5, 5.41) is 0. The Bertz CT molecular complexity index is 352. The molecule has 0 spiro atoms. The van der Waals surface area contributed by atoms with Crippen molar-refractivity contribution in [1.82, 2.24) is 0 Å². The molecule has 1 aliphatic carbocycles. The van der Waals surface area contributed by atoms with Crippen LogP contribution < -0.4 is 0 Å². The summed E-state index contributed by atoms with van der Waals surface area (Å²) in [4.78, 5) is 10.5. The number of carbonyl (C=O) groups excluding carboxylic acids is 1. The Morgan fingerprint density at radius 2 is 1.69 bits per heavy atom. The Balaban J connectivity index is 3.35. The van der Waals surface area contributed by atoms with Crippen molar-refractivity contribution < 1.29 is 21.5 Å². The van der Waals surface area contributed by atoms with Crippen LogP contribution in [0.2, 0.25) is 0 Å². The molecule has 1 rings (SSSR count). The summed E-state index contributed by atoms with van der Waals surface area (Å²) in [7, 11) is 0. The molecule has 0 unspecified atom stereocenters. The van der Waals surface area contributed by atoms with E-state index in [9.17, 15) is 4.79 Å². The van der Waals surface area contributed by atoms with Gasteiger partial charge in [0.05, 0.1) is 0 Å². The van der Waals surface area contributed by atoms with Gasteiger partial charge < -0.3 is 0 Å². The molecular formula is C11H15ORh. The molecule has 0 atom stereocenters. The second kappa shape index (κ2) is 3.44. The van der Waals surface area contributed by atoms with Crippen molar-refractivity contribution in [2.24, 2.45) is 5.41 Å². The zero-order valence-electron chi connectivity index (χ0n) is 8.74. The third kappa shape index (κ3) is 1.54. The summed E-state index contributed by atoms with van der Waals surface area (Å²) in [6, 6.07) is 0. The van der Waals surface area contributed by atoms with Crippen LogP contribution in [0.1, 0.15) is 34.6 Å². The van der Waals surface area contributed by atoms with E-state index in [1.165, 1.54) is 20.9 Å². The van der Waals surface area contributed by atoms with E-state index in [2.05, 4.69) is 39.1 Å². The Morgan fingerprint density at radius 1 is 1.15 bits per heavy atom. The van der Waals surface area contributed by atoms with Crippen LogP contribution in [0.15, 0.2) is 20.9 Å². The summed E-state index contributed by atoms with van der Waals surface area (Å²) >= 11 is -0.171. The standard InChI is InChI=1S/C10H15.CO.Rh/c1-7-6-10(4,5)9(3)8(7)2;1-2;/h1-5H3;;. The van der Waals surface area contributed by atoms with E-state index in [1.807, 2.05) is 0 Å². The molecule has 0 aromatic carbocycles. The summed E-state index contributed by atoms with van der Waals surface area (Å²) in [5.41, 5.74) is 4.17. The van der Waals surface area contributed by atoms with E-state index >= 15 is 0 Å². The van der Waals surface area contributed by atoms with Crippen molar-refractivity contribution >= 4 is 4.47 Å². The number of hydrogen-bond donors (Lipinski definition) is 0. The number of hydrogen-bond acceptors (Lipinski definition) is 1. The van der Waals surface area contributed by atoms with Crippen molar-refractivity contribution in [2.45, 2.75) is 34.6 Å². The quantitative estimate of drug-likeness (QED) is 0.667. The van der Waals surface area contributed by atoms with Crippen LogP contribution >= 0.6 is 0 Å². The molecule has 1 aliphatic rings. The van der Waals surface area contributed by atoms with Crippen molar-refractivity contribution in [1.29, 1.82) is 0 Å². The number of rotatable bonds is 1. The molecule has 0 aromatic rings. The fourth-order valence-electron chi connectivity index (χ4n) is 1.73. The van der Waals surface area contributed by atoms with E-state index in [-0.39, 0.29) is 22.1 Å². The molecule has 13 heavy (non-hydrogen) atoms. The van der Waals surface area contributed by atoms with Gasteiger partial charge in [0.15, 0.2) is 0 Å². The van der Waals surface area contributed by atoms with Crippen LogP contribution in [0.5, 0.6) is 0 Å². The zero-order valence-corrected chi connectivity index (χ0v) is 10.4. The van der Waals surface area contributed by atoms with Crippen LogP contribution in [-0.2, 0) is 21.5 Å². The van der Waals surface area contributed by atoms with Gasteiger partial charge in [0, 0.05) is 0 Å². The predicted octanol–water partition coefficient (Wildman–Crippen LogP) is 2.79. The minimum atomic E-state index is -0.171. The summed E-state index contributed by atoms with van der Waals surface area (Å²) in [6.07, 6.45) is 0. The maximum absolute atomic E-state index is 10.5. The van der Waals surface area contributed by atoms with Gasteiger partial charge in [0.25, 0.3) is 0 Å². The molecule has 0 N–H and O–H groups in total. The van der Waals surface area contributed by atoms with E-state index in [0.717, 1.165) is 0 Å². The van der Waals surface area contributed by atoms with Crippen molar-refractivity contribution in [3.05, 3.63) is 20.9 Å². The minimum absolute atomic E-state index is 0.0922. The first-order valence-corrected chi connectivity index (χ1v) is 5.93. The fraction of sp³-hybridized carbons (Fsp3) is 0.545. The SMILES string of the molecule is CC1=C(C)C(C)(C)[C]([Rh]=[C]=O)=C1C. The first-order valence-electron chi connectivity index (χ1n) is 4.29. The molecule has 0 saturated heterocycles. The van der Waals surface area contributed by atoms with Gasteiger partial charge in [-0.1, -0.05) is 0 Å². The van der Waals surface area contributed by atoms with Gasteiger partial charge in [0.1, 0.15) is 0 Å². The average Bonchev–Trinajstić information content (AvgIpc) is 2.20. The zero-order chi connectivity index (χ0) is 10.2. The van der Waals surface area contributed by atoms with E-state index < -0.39 is 0 Å². The molecule has 0 fully saturated rings. The molecule has 0 heterocycles. The van der Waals surface area contributed by atoms with Crippen molar-refractivity contribution in [3.8, 4) is 0 Å². The Hall–Kier alpha value is -0.317. The molecule has 1 nitrogen and oxygen atoms in total. The van der Waals surface area contributed by atoms with E-state index in [4.69, 9.17) is 0 Å². The molecule has 0 bridgehead atoms. The van der Waals surface area contributed by atoms with Gasteiger partial charge in [0.2, 0.25) is 0 Å². The van der Waals surface area contributed by atoms with Crippen LogP contribution in [0.3, 0.4) is 0 Å². The summed E-state index contributed by atoms with van der Waals surface area (Å²) in [6.45, 7) is 10.8. The molecular weight excluding hydrogens is 251 g/mol. The van der Waals surface area contributed by atoms with Crippen LogP contribution in [-0.4, -0.2) is 4.47 Å². The third-order valence-electron chi connectivity index (χ3n) is 3.01. The first kappa shape index (κ1) is 10.8. The van der Waals surface area contributed by atoms with E-state index in [0.29, 0.717) is 0 Å². The Labute approximate surface area is 87.0 Å². The van der Waals surface area contributed by atoms with Crippen LogP contribution in [0.25, 0.3) is 0 Å². The normalized spacial score (nSPS) is 21.3. The van der Waals surface area contributed by atoms with Crippen LogP contribution in [0.4, 0.5) is 0 Å².